The largest absolute Gasteiger partial charge is 0.290 e. The molecule has 4 rings (SSSR count). The highest BCUT2D eigenvalue weighted by Crippen LogP contribution is 2.35. The van der Waals surface area contributed by atoms with E-state index in [9.17, 15) is 0 Å². The maximum Gasteiger partial charge on any atom is 0.158 e. The molecule has 116 valence electrons. The molecule has 0 spiro atoms. The predicted molar refractivity (Wildman–Crippen MR) is 87.5 cm³/mol. The average molecular weight is 305 g/mol. The van der Waals surface area contributed by atoms with E-state index in [2.05, 4.69) is 45.3 Å². The highest BCUT2D eigenvalue weighted by Gasteiger charge is 2.25. The molecule has 0 atom stereocenters. The van der Waals surface area contributed by atoms with Gasteiger partial charge in [0.25, 0.3) is 0 Å². The third-order valence-electron chi connectivity index (χ3n) is 4.83. The van der Waals surface area contributed by atoms with Crippen LogP contribution in [0.5, 0.6) is 0 Å². The number of hydrogen-bond donors (Lipinski definition) is 0. The lowest BCUT2D eigenvalue weighted by molar-refractivity contribution is 0.286. The molecular weight excluding hydrogens is 286 g/mol. The van der Waals surface area contributed by atoms with Gasteiger partial charge in [-0.15, -0.1) is 0 Å². The van der Waals surface area contributed by atoms with Crippen molar-refractivity contribution in [2.24, 2.45) is 0 Å². The van der Waals surface area contributed by atoms with Gasteiger partial charge in [0.2, 0.25) is 0 Å². The zero-order valence-electron chi connectivity index (χ0n) is 13.1. The summed E-state index contributed by atoms with van der Waals surface area (Å²) in [4.78, 5) is 6.78. The Hall–Kier alpha value is -2.45. The van der Waals surface area contributed by atoms with Gasteiger partial charge in [0.15, 0.2) is 5.82 Å². The Morgan fingerprint density at radius 3 is 2.74 bits per heavy atom. The molecule has 2 aliphatic rings. The summed E-state index contributed by atoms with van der Waals surface area (Å²) >= 11 is 0. The summed E-state index contributed by atoms with van der Waals surface area (Å²) in [7, 11) is 0. The van der Waals surface area contributed by atoms with Crippen LogP contribution in [0, 0.1) is 11.3 Å². The van der Waals surface area contributed by atoms with Gasteiger partial charge in [0, 0.05) is 25.2 Å². The fourth-order valence-corrected chi connectivity index (χ4v) is 3.63. The van der Waals surface area contributed by atoms with Gasteiger partial charge in [-0.3, -0.25) is 4.90 Å². The quantitative estimate of drug-likeness (QED) is 0.758. The molecule has 0 radical (unpaired) electrons. The van der Waals surface area contributed by atoms with Crippen LogP contribution < -0.4 is 0 Å². The SMILES string of the molecule is N#CCN1CCC(=C2c3ccccc3CCn3ncnc32)CC1. The summed E-state index contributed by atoms with van der Waals surface area (Å²) in [6.07, 6.45) is 4.65. The fraction of sp³-hybridized carbons (Fsp3) is 0.389. The number of nitrogens with zero attached hydrogens (tertiary/aromatic N) is 5. The van der Waals surface area contributed by atoms with Crippen molar-refractivity contribution in [1.82, 2.24) is 19.7 Å². The standard InChI is InChI=1S/C18H19N5/c19-8-12-22-9-5-15(6-10-22)17-16-4-2-1-3-14(16)7-11-23-18(17)20-13-21-23/h1-4,13H,5-7,9-12H2. The Morgan fingerprint density at radius 1 is 1.09 bits per heavy atom. The summed E-state index contributed by atoms with van der Waals surface area (Å²) in [6, 6.07) is 10.9. The summed E-state index contributed by atoms with van der Waals surface area (Å²) in [5.41, 5.74) is 5.40. The molecule has 0 bridgehead atoms. The van der Waals surface area contributed by atoms with E-state index < -0.39 is 0 Å². The molecular formula is C18H19N5. The first-order valence-electron chi connectivity index (χ1n) is 8.14. The predicted octanol–water partition coefficient (Wildman–Crippen LogP) is 2.26. The molecule has 2 aliphatic heterocycles. The minimum atomic E-state index is 0.523. The number of aryl methyl sites for hydroxylation is 2. The number of piperidine rings is 1. The van der Waals surface area contributed by atoms with Crippen LogP contribution in [0.15, 0.2) is 36.2 Å². The van der Waals surface area contributed by atoms with E-state index in [1.165, 1.54) is 22.3 Å². The average Bonchev–Trinajstić information content (AvgIpc) is 2.98. The third-order valence-corrected chi connectivity index (χ3v) is 4.83. The van der Waals surface area contributed by atoms with Crippen molar-refractivity contribution in [3.8, 4) is 6.07 Å². The van der Waals surface area contributed by atoms with Crippen LogP contribution in [0.1, 0.15) is 29.8 Å². The molecule has 0 aliphatic carbocycles. The van der Waals surface area contributed by atoms with Crippen LogP contribution in [-0.4, -0.2) is 39.3 Å². The van der Waals surface area contributed by atoms with Gasteiger partial charge < -0.3 is 0 Å². The van der Waals surface area contributed by atoms with Gasteiger partial charge >= 0.3 is 0 Å². The van der Waals surface area contributed by atoms with Crippen molar-refractivity contribution in [1.29, 1.82) is 5.26 Å². The van der Waals surface area contributed by atoms with Gasteiger partial charge in [0.1, 0.15) is 6.33 Å². The van der Waals surface area contributed by atoms with Crippen LogP contribution in [0.25, 0.3) is 5.57 Å². The molecule has 0 unspecified atom stereocenters. The number of benzene rings is 1. The molecule has 2 aromatic rings. The smallest absolute Gasteiger partial charge is 0.158 e. The molecule has 1 aromatic carbocycles. The van der Waals surface area contributed by atoms with E-state index in [0.717, 1.165) is 44.7 Å². The molecule has 0 saturated carbocycles. The summed E-state index contributed by atoms with van der Waals surface area (Å²) in [5.74, 6) is 0.999. The number of nitriles is 1. The molecule has 3 heterocycles. The van der Waals surface area contributed by atoms with Crippen LogP contribution >= 0.6 is 0 Å². The van der Waals surface area contributed by atoms with Crippen molar-refractivity contribution < 1.29 is 0 Å². The normalized spacial score (nSPS) is 18.0. The van der Waals surface area contributed by atoms with E-state index in [1.807, 2.05) is 4.68 Å². The number of hydrogen-bond acceptors (Lipinski definition) is 4. The van der Waals surface area contributed by atoms with Crippen molar-refractivity contribution in [3.63, 3.8) is 0 Å². The van der Waals surface area contributed by atoms with Gasteiger partial charge in [-0.2, -0.15) is 10.4 Å². The molecule has 1 saturated heterocycles. The molecule has 1 aromatic heterocycles. The van der Waals surface area contributed by atoms with Crippen molar-refractivity contribution in [3.05, 3.63) is 53.1 Å². The number of rotatable bonds is 1. The molecule has 1 fully saturated rings. The minimum Gasteiger partial charge on any atom is -0.290 e. The lowest BCUT2D eigenvalue weighted by atomic mass is 9.90. The first-order chi connectivity index (χ1) is 11.4. The van der Waals surface area contributed by atoms with E-state index >= 15 is 0 Å². The van der Waals surface area contributed by atoms with Crippen LogP contribution in [0.2, 0.25) is 0 Å². The summed E-state index contributed by atoms with van der Waals surface area (Å²) < 4.78 is 2.03. The van der Waals surface area contributed by atoms with Gasteiger partial charge in [-0.1, -0.05) is 29.8 Å². The van der Waals surface area contributed by atoms with Gasteiger partial charge in [-0.25, -0.2) is 9.67 Å². The lowest BCUT2D eigenvalue weighted by Crippen LogP contribution is -2.31. The molecule has 0 amide bonds. The van der Waals surface area contributed by atoms with E-state index in [-0.39, 0.29) is 0 Å². The topological polar surface area (TPSA) is 57.7 Å². The van der Waals surface area contributed by atoms with Gasteiger partial charge in [0.05, 0.1) is 12.6 Å². The fourth-order valence-electron chi connectivity index (χ4n) is 3.63. The highest BCUT2D eigenvalue weighted by atomic mass is 15.3. The summed E-state index contributed by atoms with van der Waals surface area (Å²) in [5, 5.41) is 13.3. The second kappa shape index (κ2) is 5.98. The van der Waals surface area contributed by atoms with Crippen molar-refractivity contribution in [2.45, 2.75) is 25.8 Å². The number of likely N-dealkylation sites (tertiary alicyclic amines) is 1. The minimum absolute atomic E-state index is 0.523. The molecule has 23 heavy (non-hydrogen) atoms. The van der Waals surface area contributed by atoms with E-state index in [0.29, 0.717) is 6.54 Å². The number of aromatic nitrogens is 3. The molecule has 5 nitrogen and oxygen atoms in total. The maximum atomic E-state index is 8.88. The first-order valence-corrected chi connectivity index (χ1v) is 8.14. The Morgan fingerprint density at radius 2 is 1.91 bits per heavy atom. The second-order valence-electron chi connectivity index (χ2n) is 6.13. The van der Waals surface area contributed by atoms with E-state index in [4.69, 9.17) is 5.26 Å². The van der Waals surface area contributed by atoms with Gasteiger partial charge in [-0.05, 0) is 30.4 Å². The Kier molecular flexibility index (Phi) is 3.68. The van der Waals surface area contributed by atoms with Crippen LogP contribution in [0.4, 0.5) is 0 Å². The molecule has 5 heteroatoms. The Bertz CT molecular complexity index is 786. The van der Waals surface area contributed by atoms with Crippen LogP contribution in [0.3, 0.4) is 0 Å². The zero-order valence-corrected chi connectivity index (χ0v) is 13.1. The highest BCUT2D eigenvalue weighted by molar-refractivity contribution is 5.81. The van der Waals surface area contributed by atoms with Crippen molar-refractivity contribution in [2.75, 3.05) is 19.6 Å². The zero-order chi connectivity index (χ0) is 15.6. The second-order valence-corrected chi connectivity index (χ2v) is 6.13. The molecule has 0 N–H and O–H groups in total. The van der Waals surface area contributed by atoms with Crippen molar-refractivity contribution >= 4 is 5.57 Å². The van der Waals surface area contributed by atoms with Crippen LogP contribution in [-0.2, 0) is 13.0 Å². The first kappa shape index (κ1) is 14.2. The summed E-state index contributed by atoms with van der Waals surface area (Å²) in [6.45, 7) is 3.30. The Balaban J connectivity index is 1.79. The lowest BCUT2D eigenvalue weighted by Gasteiger charge is -2.28. The monoisotopic (exact) mass is 305 g/mol. The maximum absolute atomic E-state index is 8.88. The third kappa shape index (κ3) is 2.55. The number of fused-ring (bicyclic) bond motifs is 2. The Labute approximate surface area is 135 Å². The van der Waals surface area contributed by atoms with E-state index in [1.54, 1.807) is 6.33 Å².